The molecule has 0 saturated carbocycles. The molecule has 1 aromatic heterocycles. The van der Waals surface area contributed by atoms with Crippen LogP contribution in [0, 0.1) is 10.1 Å². The number of hydrogen-bond donors (Lipinski definition) is 1. The molecule has 0 unspecified atom stereocenters. The van der Waals surface area contributed by atoms with Crippen molar-refractivity contribution in [3.63, 3.8) is 0 Å². The van der Waals surface area contributed by atoms with Crippen molar-refractivity contribution < 1.29 is 4.92 Å². The molecule has 0 fully saturated rings. The highest BCUT2D eigenvalue weighted by atomic mass is 16.6. The minimum Gasteiger partial charge on any atom is -0.303 e. The summed E-state index contributed by atoms with van der Waals surface area (Å²) in [5.41, 5.74) is 2.84. The largest absolute Gasteiger partial charge is 0.303 e. The van der Waals surface area contributed by atoms with Gasteiger partial charge in [-0.1, -0.05) is 0 Å². The average molecular weight is 182 g/mol. The standard InChI is InChI=1S/C7H10N4O2/c1-10(2)9-7-5-6(11(12)13)3-4-8-7/h3-5H,1-2H3,(H,8,9). The van der Waals surface area contributed by atoms with Crippen molar-refractivity contribution in [1.82, 2.24) is 9.99 Å². The first kappa shape index (κ1) is 9.40. The lowest BCUT2D eigenvalue weighted by molar-refractivity contribution is -0.384. The van der Waals surface area contributed by atoms with E-state index < -0.39 is 4.92 Å². The molecule has 13 heavy (non-hydrogen) atoms. The van der Waals surface area contributed by atoms with E-state index in [0.29, 0.717) is 5.82 Å². The summed E-state index contributed by atoms with van der Waals surface area (Å²) < 4.78 is 0. The van der Waals surface area contributed by atoms with Gasteiger partial charge < -0.3 is 5.43 Å². The van der Waals surface area contributed by atoms with Gasteiger partial charge in [-0.25, -0.2) is 9.99 Å². The van der Waals surface area contributed by atoms with Gasteiger partial charge in [0.1, 0.15) is 5.82 Å². The Morgan fingerprint density at radius 1 is 1.62 bits per heavy atom. The molecule has 0 amide bonds. The van der Waals surface area contributed by atoms with E-state index in [9.17, 15) is 10.1 Å². The van der Waals surface area contributed by atoms with Crippen LogP contribution in [0.5, 0.6) is 0 Å². The second-order valence-electron chi connectivity index (χ2n) is 2.66. The average Bonchev–Trinajstić information content (AvgIpc) is 2.03. The van der Waals surface area contributed by atoms with Crippen LogP contribution >= 0.6 is 0 Å². The Bertz CT molecular complexity index is 313. The third-order valence-electron chi connectivity index (χ3n) is 1.29. The van der Waals surface area contributed by atoms with E-state index in [0.717, 1.165) is 0 Å². The molecule has 1 heterocycles. The highest BCUT2D eigenvalue weighted by molar-refractivity contribution is 5.43. The SMILES string of the molecule is CN(C)Nc1cc([N+](=O)[O-])ccn1. The number of aromatic nitrogens is 1. The Kier molecular flexibility index (Phi) is 2.76. The lowest BCUT2D eigenvalue weighted by Crippen LogP contribution is -2.20. The predicted octanol–water partition coefficient (Wildman–Crippen LogP) is 0.878. The molecule has 0 spiro atoms. The second kappa shape index (κ2) is 3.81. The van der Waals surface area contributed by atoms with Crippen LogP contribution in [-0.4, -0.2) is 29.0 Å². The summed E-state index contributed by atoms with van der Waals surface area (Å²) in [7, 11) is 3.56. The molecule has 0 aliphatic heterocycles. The molecule has 0 saturated heterocycles. The van der Waals surface area contributed by atoms with Crippen molar-refractivity contribution in [3.8, 4) is 0 Å². The maximum Gasteiger partial charge on any atom is 0.274 e. The number of nitro groups is 1. The molecule has 1 rings (SSSR count). The van der Waals surface area contributed by atoms with Gasteiger partial charge in [-0.15, -0.1) is 0 Å². The topological polar surface area (TPSA) is 71.3 Å². The van der Waals surface area contributed by atoms with Gasteiger partial charge >= 0.3 is 0 Å². The van der Waals surface area contributed by atoms with Crippen molar-refractivity contribution in [1.29, 1.82) is 0 Å². The molecule has 70 valence electrons. The smallest absolute Gasteiger partial charge is 0.274 e. The number of pyridine rings is 1. The van der Waals surface area contributed by atoms with Gasteiger partial charge in [0.25, 0.3) is 5.69 Å². The van der Waals surface area contributed by atoms with E-state index in [4.69, 9.17) is 0 Å². The maximum atomic E-state index is 10.4. The van der Waals surface area contributed by atoms with Crippen LogP contribution in [0.4, 0.5) is 11.5 Å². The van der Waals surface area contributed by atoms with Gasteiger partial charge in [-0.05, 0) is 0 Å². The van der Waals surface area contributed by atoms with Gasteiger partial charge in [0.05, 0.1) is 11.0 Å². The van der Waals surface area contributed by atoms with Gasteiger partial charge in [0.2, 0.25) is 0 Å². The highest BCUT2D eigenvalue weighted by Gasteiger charge is 2.06. The van der Waals surface area contributed by atoms with Crippen LogP contribution in [0.2, 0.25) is 0 Å². The van der Waals surface area contributed by atoms with Crippen LogP contribution < -0.4 is 5.43 Å². The maximum absolute atomic E-state index is 10.4. The number of rotatable bonds is 3. The predicted molar refractivity (Wildman–Crippen MR) is 48.2 cm³/mol. The fraction of sp³-hybridized carbons (Fsp3) is 0.286. The van der Waals surface area contributed by atoms with Crippen molar-refractivity contribution in [2.45, 2.75) is 0 Å². The Balaban J connectivity index is 2.85. The fourth-order valence-electron chi connectivity index (χ4n) is 0.823. The summed E-state index contributed by atoms with van der Waals surface area (Å²) in [6, 6.07) is 2.72. The molecule has 0 aromatic carbocycles. The van der Waals surface area contributed by atoms with Crippen LogP contribution in [0.25, 0.3) is 0 Å². The molecule has 0 aliphatic carbocycles. The van der Waals surface area contributed by atoms with E-state index in [1.807, 2.05) is 0 Å². The van der Waals surface area contributed by atoms with E-state index >= 15 is 0 Å². The Hall–Kier alpha value is -1.69. The summed E-state index contributed by atoms with van der Waals surface area (Å²) >= 11 is 0. The summed E-state index contributed by atoms with van der Waals surface area (Å²) in [5, 5.41) is 12.0. The van der Waals surface area contributed by atoms with Crippen LogP contribution in [-0.2, 0) is 0 Å². The van der Waals surface area contributed by atoms with Crippen molar-refractivity contribution in [3.05, 3.63) is 28.4 Å². The summed E-state index contributed by atoms with van der Waals surface area (Å²) in [6.45, 7) is 0. The second-order valence-corrected chi connectivity index (χ2v) is 2.66. The third kappa shape index (κ3) is 2.68. The minimum atomic E-state index is -0.456. The van der Waals surface area contributed by atoms with E-state index in [-0.39, 0.29) is 5.69 Å². The molecule has 1 aromatic rings. The first-order valence-corrected chi connectivity index (χ1v) is 3.64. The quantitative estimate of drug-likeness (QED) is 0.555. The van der Waals surface area contributed by atoms with Crippen molar-refractivity contribution in [2.75, 3.05) is 19.5 Å². The van der Waals surface area contributed by atoms with Crippen LogP contribution in [0.3, 0.4) is 0 Å². The van der Waals surface area contributed by atoms with Crippen molar-refractivity contribution in [2.24, 2.45) is 0 Å². The Labute approximate surface area is 75.3 Å². The fourth-order valence-corrected chi connectivity index (χ4v) is 0.823. The van der Waals surface area contributed by atoms with Gasteiger partial charge in [0, 0.05) is 26.4 Å². The Morgan fingerprint density at radius 3 is 2.85 bits per heavy atom. The van der Waals surface area contributed by atoms with E-state index in [1.165, 1.54) is 18.3 Å². The number of anilines is 1. The lowest BCUT2D eigenvalue weighted by Gasteiger charge is -2.11. The molecule has 0 aliphatic rings. The lowest BCUT2D eigenvalue weighted by atomic mass is 10.4. The zero-order valence-electron chi connectivity index (χ0n) is 7.39. The Morgan fingerprint density at radius 2 is 2.31 bits per heavy atom. The normalized spacial score (nSPS) is 10.1. The monoisotopic (exact) mass is 182 g/mol. The molecular weight excluding hydrogens is 172 g/mol. The number of hydrazine groups is 1. The van der Waals surface area contributed by atoms with E-state index in [1.54, 1.807) is 19.1 Å². The minimum absolute atomic E-state index is 0.0272. The zero-order chi connectivity index (χ0) is 9.84. The molecule has 0 atom stereocenters. The number of hydrogen-bond acceptors (Lipinski definition) is 5. The molecule has 1 N–H and O–H groups in total. The molecule has 6 heteroatoms. The summed E-state index contributed by atoms with van der Waals surface area (Å²) in [4.78, 5) is 13.8. The summed E-state index contributed by atoms with van der Waals surface area (Å²) in [6.07, 6.45) is 1.39. The van der Waals surface area contributed by atoms with Crippen LogP contribution in [0.15, 0.2) is 18.3 Å². The van der Waals surface area contributed by atoms with E-state index in [2.05, 4.69) is 10.4 Å². The zero-order valence-corrected chi connectivity index (χ0v) is 7.39. The molecular formula is C7H10N4O2. The van der Waals surface area contributed by atoms with Gasteiger partial charge in [-0.2, -0.15) is 0 Å². The molecule has 6 nitrogen and oxygen atoms in total. The number of nitrogens with zero attached hydrogens (tertiary/aromatic N) is 3. The third-order valence-corrected chi connectivity index (χ3v) is 1.29. The van der Waals surface area contributed by atoms with Gasteiger partial charge in [0.15, 0.2) is 0 Å². The van der Waals surface area contributed by atoms with Gasteiger partial charge in [-0.3, -0.25) is 10.1 Å². The first-order chi connectivity index (χ1) is 6.09. The highest BCUT2D eigenvalue weighted by Crippen LogP contribution is 2.13. The molecule has 0 bridgehead atoms. The van der Waals surface area contributed by atoms with Crippen molar-refractivity contribution >= 4 is 11.5 Å². The molecule has 0 radical (unpaired) electrons. The first-order valence-electron chi connectivity index (χ1n) is 3.64. The van der Waals surface area contributed by atoms with Crippen LogP contribution in [0.1, 0.15) is 0 Å². The summed E-state index contributed by atoms with van der Waals surface area (Å²) in [5.74, 6) is 0.458. The number of nitrogens with one attached hydrogen (secondary N) is 1.